The summed E-state index contributed by atoms with van der Waals surface area (Å²) in [6, 6.07) is 12.4. The van der Waals surface area contributed by atoms with E-state index in [1.54, 1.807) is 35.2 Å². The molecule has 1 atom stereocenters. The Balaban J connectivity index is 1.38. The number of hydrazine groups is 1. The van der Waals surface area contributed by atoms with Gasteiger partial charge in [0, 0.05) is 30.3 Å². The number of carbonyl (C=O) groups is 3. The number of rotatable bonds is 3. The lowest BCUT2D eigenvalue weighted by Crippen LogP contribution is -2.45. The highest BCUT2D eigenvalue weighted by atomic mass is 16.6. The van der Waals surface area contributed by atoms with Gasteiger partial charge in [-0.05, 0) is 30.7 Å². The van der Waals surface area contributed by atoms with E-state index in [0.29, 0.717) is 36.0 Å². The van der Waals surface area contributed by atoms with Gasteiger partial charge in [0.2, 0.25) is 11.8 Å². The Labute approximate surface area is 167 Å². The minimum atomic E-state index is -0.562. The lowest BCUT2D eigenvalue weighted by atomic mass is 10.1. The zero-order chi connectivity index (χ0) is 20.4. The van der Waals surface area contributed by atoms with Crippen LogP contribution >= 0.6 is 0 Å². The van der Waals surface area contributed by atoms with E-state index in [4.69, 9.17) is 9.47 Å². The molecule has 3 amide bonds. The number of amides is 3. The van der Waals surface area contributed by atoms with Crippen molar-refractivity contribution in [2.75, 3.05) is 24.7 Å². The molecule has 29 heavy (non-hydrogen) atoms. The van der Waals surface area contributed by atoms with Gasteiger partial charge >= 0.3 is 0 Å². The number of hydrogen-bond acceptors (Lipinski definition) is 5. The fourth-order valence-corrected chi connectivity index (χ4v) is 3.45. The molecule has 0 bridgehead atoms. The van der Waals surface area contributed by atoms with Crippen molar-refractivity contribution in [1.82, 2.24) is 10.9 Å². The first-order chi connectivity index (χ1) is 14.0. The molecule has 2 heterocycles. The maximum absolute atomic E-state index is 12.5. The third-order valence-electron chi connectivity index (χ3n) is 5.02. The Kier molecular flexibility index (Phi) is 5.07. The van der Waals surface area contributed by atoms with Crippen molar-refractivity contribution in [1.29, 1.82) is 0 Å². The Bertz CT molecular complexity index is 975. The predicted molar refractivity (Wildman–Crippen MR) is 105 cm³/mol. The Morgan fingerprint density at radius 2 is 1.79 bits per heavy atom. The molecule has 4 rings (SSSR count). The second-order valence-electron chi connectivity index (χ2n) is 6.99. The third-order valence-corrected chi connectivity index (χ3v) is 5.02. The lowest BCUT2D eigenvalue weighted by Gasteiger charge is -2.22. The van der Waals surface area contributed by atoms with Crippen LogP contribution in [0.2, 0.25) is 0 Å². The molecule has 0 saturated carbocycles. The SMILES string of the molecule is Cc1ccccc1C(=O)NNC(=O)[C@H]1CC(=O)N(c2ccc3c(c2)OCCO3)C1. The molecule has 8 heteroatoms. The van der Waals surface area contributed by atoms with Gasteiger partial charge in [-0.3, -0.25) is 25.2 Å². The van der Waals surface area contributed by atoms with Crippen LogP contribution in [0.4, 0.5) is 5.69 Å². The highest BCUT2D eigenvalue weighted by molar-refractivity contribution is 6.01. The van der Waals surface area contributed by atoms with Gasteiger partial charge in [-0.25, -0.2) is 0 Å². The van der Waals surface area contributed by atoms with Crippen molar-refractivity contribution in [2.45, 2.75) is 13.3 Å². The van der Waals surface area contributed by atoms with E-state index in [1.807, 2.05) is 19.1 Å². The highest BCUT2D eigenvalue weighted by Crippen LogP contribution is 2.35. The Morgan fingerprint density at radius 1 is 1.03 bits per heavy atom. The summed E-state index contributed by atoms with van der Waals surface area (Å²) in [5.41, 5.74) is 6.79. The summed E-state index contributed by atoms with van der Waals surface area (Å²) in [4.78, 5) is 38.7. The molecule has 2 aliphatic rings. The van der Waals surface area contributed by atoms with Crippen molar-refractivity contribution in [3.63, 3.8) is 0 Å². The molecular formula is C21H21N3O5. The molecule has 2 aliphatic heterocycles. The summed E-state index contributed by atoms with van der Waals surface area (Å²) in [6.07, 6.45) is 0.0700. The van der Waals surface area contributed by atoms with Gasteiger partial charge in [-0.1, -0.05) is 18.2 Å². The zero-order valence-corrected chi connectivity index (χ0v) is 15.9. The molecule has 0 spiro atoms. The normalized spacial score (nSPS) is 17.8. The number of benzene rings is 2. The second kappa shape index (κ2) is 7.83. The van der Waals surface area contributed by atoms with Gasteiger partial charge < -0.3 is 14.4 Å². The van der Waals surface area contributed by atoms with Crippen LogP contribution < -0.4 is 25.2 Å². The van der Waals surface area contributed by atoms with Crippen LogP contribution in [-0.2, 0) is 9.59 Å². The van der Waals surface area contributed by atoms with Crippen LogP contribution in [0.5, 0.6) is 11.5 Å². The van der Waals surface area contributed by atoms with E-state index in [2.05, 4.69) is 10.9 Å². The predicted octanol–water partition coefficient (Wildman–Crippen LogP) is 1.58. The van der Waals surface area contributed by atoms with Crippen LogP contribution in [0.25, 0.3) is 0 Å². The van der Waals surface area contributed by atoms with Crippen LogP contribution in [0.3, 0.4) is 0 Å². The fourth-order valence-electron chi connectivity index (χ4n) is 3.45. The number of carbonyl (C=O) groups excluding carboxylic acids is 3. The largest absolute Gasteiger partial charge is 0.486 e. The average Bonchev–Trinajstić information content (AvgIpc) is 3.13. The monoisotopic (exact) mass is 395 g/mol. The van der Waals surface area contributed by atoms with Gasteiger partial charge in [-0.2, -0.15) is 0 Å². The summed E-state index contributed by atoms with van der Waals surface area (Å²) in [7, 11) is 0. The van der Waals surface area contributed by atoms with E-state index < -0.39 is 17.7 Å². The zero-order valence-electron chi connectivity index (χ0n) is 15.9. The molecule has 2 aromatic carbocycles. The van der Waals surface area contributed by atoms with Crippen molar-refractivity contribution in [2.24, 2.45) is 5.92 Å². The van der Waals surface area contributed by atoms with E-state index in [9.17, 15) is 14.4 Å². The lowest BCUT2D eigenvalue weighted by molar-refractivity contribution is -0.126. The molecule has 0 radical (unpaired) electrons. The number of aryl methyl sites for hydroxylation is 1. The van der Waals surface area contributed by atoms with Crippen LogP contribution in [-0.4, -0.2) is 37.5 Å². The summed E-state index contributed by atoms with van der Waals surface area (Å²) in [5.74, 6) is -0.301. The average molecular weight is 395 g/mol. The van der Waals surface area contributed by atoms with Crippen LogP contribution in [0, 0.1) is 12.8 Å². The number of nitrogens with one attached hydrogen (secondary N) is 2. The maximum Gasteiger partial charge on any atom is 0.269 e. The van der Waals surface area contributed by atoms with Gasteiger partial charge in [0.05, 0.1) is 5.92 Å². The van der Waals surface area contributed by atoms with Gasteiger partial charge in [-0.15, -0.1) is 0 Å². The quantitative estimate of drug-likeness (QED) is 0.769. The third kappa shape index (κ3) is 3.87. The van der Waals surface area contributed by atoms with E-state index in [1.165, 1.54) is 0 Å². The second-order valence-corrected chi connectivity index (χ2v) is 6.99. The molecule has 0 unspecified atom stereocenters. The minimum absolute atomic E-state index is 0.0700. The van der Waals surface area contributed by atoms with Crippen molar-refractivity contribution in [3.05, 3.63) is 53.6 Å². The van der Waals surface area contributed by atoms with Crippen molar-refractivity contribution >= 4 is 23.4 Å². The van der Waals surface area contributed by atoms with Crippen LogP contribution in [0.1, 0.15) is 22.3 Å². The Morgan fingerprint density at radius 3 is 2.59 bits per heavy atom. The number of nitrogens with zero attached hydrogens (tertiary/aromatic N) is 1. The molecular weight excluding hydrogens is 374 g/mol. The van der Waals surface area contributed by atoms with Gasteiger partial charge in [0.1, 0.15) is 13.2 Å². The molecule has 150 valence electrons. The summed E-state index contributed by atoms with van der Waals surface area (Å²) < 4.78 is 11.1. The van der Waals surface area contributed by atoms with Gasteiger partial charge in [0.15, 0.2) is 11.5 Å². The number of ether oxygens (including phenoxy) is 2. The van der Waals surface area contributed by atoms with Crippen molar-refractivity contribution < 1.29 is 23.9 Å². The number of hydrogen-bond donors (Lipinski definition) is 2. The fraction of sp³-hybridized carbons (Fsp3) is 0.286. The number of fused-ring (bicyclic) bond motifs is 1. The highest BCUT2D eigenvalue weighted by Gasteiger charge is 2.35. The first-order valence-corrected chi connectivity index (χ1v) is 9.39. The molecule has 0 aromatic heterocycles. The standard InChI is InChI=1S/C21H21N3O5/c1-13-4-2-3-5-16(13)21(27)23-22-20(26)14-10-19(25)24(12-14)15-6-7-17-18(11-15)29-9-8-28-17/h2-7,11,14H,8-10,12H2,1H3,(H,22,26)(H,23,27)/t14-/m0/s1. The topological polar surface area (TPSA) is 97.0 Å². The minimum Gasteiger partial charge on any atom is -0.486 e. The smallest absolute Gasteiger partial charge is 0.269 e. The van der Waals surface area contributed by atoms with Crippen molar-refractivity contribution in [3.8, 4) is 11.5 Å². The van der Waals surface area contributed by atoms with E-state index >= 15 is 0 Å². The number of anilines is 1. The summed E-state index contributed by atoms with van der Waals surface area (Å²) >= 11 is 0. The van der Waals surface area contributed by atoms with E-state index in [-0.39, 0.29) is 18.9 Å². The molecule has 2 N–H and O–H groups in total. The maximum atomic E-state index is 12.5. The molecule has 1 fully saturated rings. The Hall–Kier alpha value is -3.55. The van der Waals surface area contributed by atoms with Crippen LogP contribution in [0.15, 0.2) is 42.5 Å². The molecule has 1 saturated heterocycles. The molecule has 0 aliphatic carbocycles. The summed E-state index contributed by atoms with van der Waals surface area (Å²) in [5, 5.41) is 0. The first kappa shape index (κ1) is 18.8. The molecule has 2 aromatic rings. The van der Waals surface area contributed by atoms with E-state index in [0.717, 1.165) is 5.56 Å². The summed E-state index contributed by atoms with van der Waals surface area (Å²) in [6.45, 7) is 2.99. The first-order valence-electron chi connectivity index (χ1n) is 9.39. The molecule has 8 nitrogen and oxygen atoms in total. The van der Waals surface area contributed by atoms with Gasteiger partial charge in [0.25, 0.3) is 5.91 Å².